The molecule has 0 aliphatic rings. The molecule has 0 N–H and O–H groups in total. The highest BCUT2D eigenvalue weighted by Gasteiger charge is 2.48. The van der Waals surface area contributed by atoms with Gasteiger partial charge in [0.25, 0.3) is 10.8 Å². The molecule has 2 aromatic rings. The van der Waals surface area contributed by atoms with Gasteiger partial charge in [-0.15, -0.1) is 13.9 Å². The summed E-state index contributed by atoms with van der Waals surface area (Å²) in [5.74, 6) is -0.659. The Morgan fingerprint density at radius 1 is 1.22 bits per heavy atom. The van der Waals surface area contributed by atoms with Gasteiger partial charge in [-0.05, 0) is 12.1 Å². The minimum Gasteiger partial charge on any atom is -0.605 e. The fourth-order valence-electron chi connectivity index (χ4n) is 2.01. The molecular weight excluding hydrogens is 464 g/mol. The van der Waals surface area contributed by atoms with E-state index in [1.54, 1.807) is 0 Å². The minimum absolute atomic E-state index is 0.402. The van der Waals surface area contributed by atoms with Crippen LogP contribution < -0.4 is 4.74 Å². The van der Waals surface area contributed by atoms with Crippen LogP contribution >= 0.6 is 34.8 Å². The van der Waals surface area contributed by atoms with Gasteiger partial charge in [-0.1, -0.05) is 23.2 Å². The van der Waals surface area contributed by atoms with Crippen LogP contribution in [0, 0.1) is 11.3 Å². The van der Waals surface area contributed by atoms with Crippen molar-refractivity contribution < 1.29 is 31.2 Å². The second kappa shape index (κ2) is 7.52. The Morgan fingerprint density at radius 3 is 2.11 bits per heavy atom. The van der Waals surface area contributed by atoms with Gasteiger partial charge in [-0.2, -0.15) is 23.1 Å². The summed E-state index contributed by atoms with van der Waals surface area (Å²) in [7, 11) is 0.966. The van der Waals surface area contributed by atoms with E-state index in [1.165, 1.54) is 6.07 Å². The third-order valence-corrected chi connectivity index (χ3v) is 5.21. The third kappa shape index (κ3) is 4.20. The van der Waals surface area contributed by atoms with Crippen LogP contribution in [0.3, 0.4) is 0 Å². The number of rotatable bonds is 4. The third-order valence-electron chi connectivity index (χ3n) is 3.05. The van der Waals surface area contributed by atoms with Crippen molar-refractivity contribution >= 4 is 46.0 Å². The second-order valence-electron chi connectivity index (χ2n) is 4.71. The zero-order valence-corrected chi connectivity index (χ0v) is 15.8. The molecule has 0 saturated carbocycles. The molecule has 0 aliphatic carbocycles. The molecule has 1 aromatic carbocycles. The average Bonchev–Trinajstić information content (AvgIpc) is 2.89. The summed E-state index contributed by atoms with van der Waals surface area (Å²) >= 11 is 13.2. The van der Waals surface area contributed by atoms with Crippen molar-refractivity contribution in [1.29, 1.82) is 5.26 Å². The first kappa shape index (κ1) is 21.8. The highest BCUT2D eigenvalue weighted by atomic mass is 35.5. The van der Waals surface area contributed by atoms with Gasteiger partial charge in [0.1, 0.15) is 11.8 Å². The Bertz CT molecular complexity index is 901. The van der Waals surface area contributed by atoms with Gasteiger partial charge in [-0.3, -0.25) is 0 Å². The van der Waals surface area contributed by atoms with E-state index < -0.39 is 59.8 Å². The first-order valence-corrected chi connectivity index (χ1v) is 8.73. The number of hydrogen-bond acceptors (Lipinski definition) is 4. The predicted octanol–water partition coefficient (Wildman–Crippen LogP) is 4.97. The molecule has 14 heteroatoms. The quantitative estimate of drug-likeness (QED) is 0.361. The molecule has 1 unspecified atom stereocenters. The topological polar surface area (TPSA) is 73.9 Å². The molecule has 0 amide bonds. The minimum atomic E-state index is -4.76. The van der Waals surface area contributed by atoms with Crippen LogP contribution in [0.5, 0.6) is 5.88 Å². The summed E-state index contributed by atoms with van der Waals surface area (Å²) in [6.07, 6.45) is -4.76. The van der Waals surface area contributed by atoms with Crippen LogP contribution in [0.2, 0.25) is 10.0 Å². The molecule has 0 radical (unpaired) electrons. The summed E-state index contributed by atoms with van der Waals surface area (Å²) < 4.78 is 78.2. The molecule has 0 saturated heterocycles. The van der Waals surface area contributed by atoms with Crippen molar-refractivity contribution in [2.24, 2.45) is 0 Å². The fraction of sp³-hybridized carbons (Fsp3) is 0.231. The van der Waals surface area contributed by atoms with Crippen LogP contribution in [0.25, 0.3) is 5.69 Å². The maximum absolute atomic E-state index is 13.3. The molecule has 0 fully saturated rings. The largest absolute Gasteiger partial charge is 0.605 e. The molecule has 2 rings (SSSR count). The van der Waals surface area contributed by atoms with Gasteiger partial charge in [0.2, 0.25) is 5.69 Å². The molecule has 0 spiro atoms. The number of alkyl halides is 6. The van der Waals surface area contributed by atoms with Gasteiger partial charge in [0, 0.05) is 11.6 Å². The maximum Gasteiger partial charge on any atom is 0.497 e. The second-order valence-corrected chi connectivity index (χ2v) is 7.68. The van der Waals surface area contributed by atoms with E-state index in [2.05, 4.69) is 5.10 Å². The summed E-state index contributed by atoms with van der Waals surface area (Å²) in [5.41, 5.74) is -2.35. The van der Waals surface area contributed by atoms with Crippen molar-refractivity contribution in [1.82, 2.24) is 9.78 Å². The Morgan fingerprint density at radius 2 is 1.74 bits per heavy atom. The number of benzene rings is 1. The van der Waals surface area contributed by atoms with Gasteiger partial charge >= 0.3 is 10.9 Å². The van der Waals surface area contributed by atoms with E-state index in [-0.39, 0.29) is 0 Å². The van der Waals surface area contributed by atoms with E-state index in [9.17, 15) is 26.5 Å². The zero-order chi connectivity index (χ0) is 20.7. The summed E-state index contributed by atoms with van der Waals surface area (Å²) in [6.45, 7) is 0. The lowest BCUT2D eigenvalue weighted by atomic mass is 10.2. The fourth-order valence-corrected chi connectivity index (χ4v) is 3.71. The lowest BCUT2D eigenvalue weighted by molar-refractivity contribution is -0.137. The monoisotopic (exact) mass is 467 g/mol. The van der Waals surface area contributed by atoms with Crippen molar-refractivity contribution in [3.8, 4) is 17.6 Å². The Kier molecular flexibility index (Phi) is 6.08. The normalized spacial score (nSPS) is 13.4. The van der Waals surface area contributed by atoms with E-state index >= 15 is 0 Å². The van der Waals surface area contributed by atoms with E-state index in [1.807, 2.05) is 0 Å². The molecule has 1 atom stereocenters. The number of ether oxygens (including phenoxy) is 1. The highest BCUT2D eigenvalue weighted by Crippen LogP contribution is 2.43. The van der Waals surface area contributed by atoms with Crippen LogP contribution in [0.1, 0.15) is 11.3 Å². The Balaban J connectivity index is 2.78. The highest BCUT2D eigenvalue weighted by molar-refractivity contribution is 7.93. The summed E-state index contributed by atoms with van der Waals surface area (Å²) in [6, 6.07) is 2.46. The van der Waals surface area contributed by atoms with Gasteiger partial charge in [-0.25, -0.2) is 0 Å². The number of nitrogens with zero attached hydrogens (tertiary/aromatic N) is 3. The van der Waals surface area contributed by atoms with Crippen LogP contribution in [0.4, 0.5) is 22.0 Å². The summed E-state index contributed by atoms with van der Waals surface area (Å²) in [5, 5.41) is 11.5. The maximum atomic E-state index is 13.3. The smallest absolute Gasteiger partial charge is 0.497 e. The van der Waals surface area contributed by atoms with E-state index in [4.69, 9.17) is 44.8 Å². The molecule has 1 aromatic heterocycles. The Hall–Kier alpha value is -1.45. The molecule has 146 valence electrons. The van der Waals surface area contributed by atoms with Crippen LogP contribution in [-0.4, -0.2) is 26.2 Å². The Labute approximate surface area is 166 Å². The molecule has 0 aliphatic heterocycles. The molecule has 5 nitrogen and oxygen atoms in total. The number of methoxy groups -OCH3 is 1. The lowest BCUT2D eigenvalue weighted by Crippen LogP contribution is -2.23. The van der Waals surface area contributed by atoms with E-state index in [0.717, 1.165) is 7.11 Å². The molecule has 27 heavy (non-hydrogen) atoms. The number of aromatic nitrogens is 2. The van der Waals surface area contributed by atoms with Crippen molar-refractivity contribution in [3.05, 3.63) is 33.4 Å². The zero-order valence-electron chi connectivity index (χ0n) is 12.7. The molecule has 0 bridgehead atoms. The standard InChI is InChI=1S/C13H5Cl3F5N3O2S/c1-26-11-10(27(25)13(16,20)21)8(4-22)23-24(11)9-6(14)2-5(3-7(9)15)12(17,18)19/h2-3H,1H3. The lowest BCUT2D eigenvalue weighted by Gasteiger charge is -2.15. The SMILES string of the molecule is COc1c([S+]([O-])C(F)(F)Cl)c(C#N)nn1-c1c(Cl)cc(C(F)(F)F)cc1Cl. The number of hydrogen-bond donors (Lipinski definition) is 0. The van der Waals surface area contributed by atoms with Crippen LogP contribution in [0.15, 0.2) is 17.0 Å². The molecular formula is C13H5Cl3F5N3O2S. The summed E-state index contributed by atoms with van der Waals surface area (Å²) in [4.78, 5) is -0.868. The van der Waals surface area contributed by atoms with Gasteiger partial charge in [0.05, 0.1) is 33.9 Å². The number of nitriles is 1. The van der Waals surface area contributed by atoms with Crippen LogP contribution in [-0.2, 0) is 17.4 Å². The van der Waals surface area contributed by atoms with Gasteiger partial charge in [0.15, 0.2) is 0 Å². The molecule has 1 heterocycles. The predicted molar refractivity (Wildman–Crippen MR) is 87.1 cm³/mol. The number of halogens is 8. The van der Waals surface area contributed by atoms with Crippen molar-refractivity contribution in [2.75, 3.05) is 7.11 Å². The first-order valence-electron chi connectivity index (χ1n) is 6.45. The van der Waals surface area contributed by atoms with Crippen molar-refractivity contribution in [3.63, 3.8) is 0 Å². The van der Waals surface area contributed by atoms with Crippen molar-refractivity contribution in [2.45, 2.75) is 15.8 Å². The van der Waals surface area contributed by atoms with E-state index in [0.29, 0.717) is 16.8 Å². The first-order chi connectivity index (χ1) is 12.3. The average molecular weight is 469 g/mol. The van der Waals surface area contributed by atoms with Gasteiger partial charge < -0.3 is 9.29 Å².